The van der Waals surface area contributed by atoms with Crippen LogP contribution in [0.4, 0.5) is 4.39 Å². The zero-order valence-corrected chi connectivity index (χ0v) is 12.7. The van der Waals surface area contributed by atoms with Gasteiger partial charge >= 0.3 is 0 Å². The molecule has 0 saturated carbocycles. The number of sulfonamides is 1. The summed E-state index contributed by atoms with van der Waals surface area (Å²) in [6, 6.07) is 4.75. The number of aromatic amines is 1. The molecule has 0 fully saturated rings. The number of halogens is 1. The number of hydrogen-bond donors (Lipinski definition) is 3. The van der Waals surface area contributed by atoms with Crippen LogP contribution in [0, 0.1) is 19.7 Å². The van der Waals surface area contributed by atoms with E-state index in [0.29, 0.717) is 22.4 Å². The summed E-state index contributed by atoms with van der Waals surface area (Å²) >= 11 is 0. The van der Waals surface area contributed by atoms with Crippen LogP contribution >= 0.6 is 0 Å². The predicted octanol–water partition coefficient (Wildman–Crippen LogP) is 1.71. The molecule has 1 aromatic carbocycles. The highest BCUT2D eigenvalue weighted by atomic mass is 32.2. The van der Waals surface area contributed by atoms with Gasteiger partial charge in [0.15, 0.2) is 0 Å². The molecule has 0 radical (unpaired) electrons. The fourth-order valence-corrected chi connectivity index (χ4v) is 3.13. The molecule has 0 atom stereocenters. The van der Waals surface area contributed by atoms with E-state index in [-0.39, 0.29) is 23.8 Å². The Morgan fingerprint density at radius 1 is 1.24 bits per heavy atom. The zero-order chi connectivity index (χ0) is 15.6. The summed E-state index contributed by atoms with van der Waals surface area (Å²) in [4.78, 5) is 2.93. The molecular weight excluding hydrogens is 293 g/mol. The molecule has 0 unspecified atom stereocenters. The van der Waals surface area contributed by atoms with Gasteiger partial charge in [-0.25, -0.2) is 17.5 Å². The van der Waals surface area contributed by atoms with Crippen molar-refractivity contribution in [3.63, 3.8) is 0 Å². The number of nitrogens with two attached hydrogens (primary N) is 1. The molecule has 0 spiro atoms. The minimum absolute atomic E-state index is 0.105. The average molecular weight is 311 g/mol. The van der Waals surface area contributed by atoms with Crippen LogP contribution in [-0.4, -0.2) is 13.4 Å². The molecule has 4 N–H and O–H groups in total. The molecule has 0 bridgehead atoms. The molecule has 1 aromatic heterocycles. The van der Waals surface area contributed by atoms with Crippen LogP contribution in [0.15, 0.2) is 29.3 Å². The van der Waals surface area contributed by atoms with Gasteiger partial charge in [-0.1, -0.05) is 12.1 Å². The van der Waals surface area contributed by atoms with Crippen molar-refractivity contribution in [3.8, 4) is 0 Å². The summed E-state index contributed by atoms with van der Waals surface area (Å²) in [6.45, 7) is 3.65. The third-order valence-electron chi connectivity index (χ3n) is 3.21. The highest BCUT2D eigenvalue weighted by Crippen LogP contribution is 2.16. The Morgan fingerprint density at radius 3 is 2.38 bits per heavy atom. The van der Waals surface area contributed by atoms with Crippen LogP contribution in [0.3, 0.4) is 0 Å². The van der Waals surface area contributed by atoms with E-state index < -0.39 is 10.0 Å². The van der Waals surface area contributed by atoms with Gasteiger partial charge in [-0.15, -0.1) is 0 Å². The molecule has 0 aliphatic carbocycles. The third-order valence-corrected chi connectivity index (χ3v) is 4.59. The Balaban J connectivity index is 2.15. The van der Waals surface area contributed by atoms with Crippen molar-refractivity contribution in [2.45, 2.75) is 31.8 Å². The van der Waals surface area contributed by atoms with Crippen molar-refractivity contribution in [2.24, 2.45) is 5.73 Å². The number of nitrogens with one attached hydrogen (secondary N) is 2. The van der Waals surface area contributed by atoms with Gasteiger partial charge in [-0.3, -0.25) is 0 Å². The Labute approximate surface area is 123 Å². The van der Waals surface area contributed by atoms with E-state index in [0.717, 1.165) is 0 Å². The largest absolute Gasteiger partial charge is 0.363 e. The highest BCUT2D eigenvalue weighted by molar-refractivity contribution is 7.89. The van der Waals surface area contributed by atoms with E-state index in [2.05, 4.69) is 9.71 Å². The quantitative estimate of drug-likeness (QED) is 0.785. The summed E-state index contributed by atoms with van der Waals surface area (Å²) in [5.41, 5.74) is 7.78. The molecule has 1 heterocycles. The summed E-state index contributed by atoms with van der Waals surface area (Å²) < 4.78 is 40.3. The maximum Gasteiger partial charge on any atom is 0.242 e. The van der Waals surface area contributed by atoms with Crippen molar-refractivity contribution in [3.05, 3.63) is 52.6 Å². The molecule has 2 rings (SSSR count). The predicted molar refractivity (Wildman–Crippen MR) is 78.6 cm³/mol. The lowest BCUT2D eigenvalue weighted by Crippen LogP contribution is -2.23. The molecule has 0 saturated heterocycles. The van der Waals surface area contributed by atoms with Gasteiger partial charge in [0.1, 0.15) is 5.82 Å². The second kappa shape index (κ2) is 5.97. The minimum atomic E-state index is -3.61. The Kier molecular flexibility index (Phi) is 4.46. The van der Waals surface area contributed by atoms with Crippen molar-refractivity contribution in [2.75, 3.05) is 0 Å². The molecule has 0 amide bonds. The van der Waals surface area contributed by atoms with Crippen LogP contribution in [-0.2, 0) is 23.1 Å². The van der Waals surface area contributed by atoms with Gasteiger partial charge in [-0.2, -0.15) is 0 Å². The van der Waals surface area contributed by atoms with Crippen LogP contribution < -0.4 is 10.5 Å². The normalized spacial score (nSPS) is 11.8. The average Bonchev–Trinajstić information content (AvgIpc) is 2.92. The lowest BCUT2D eigenvalue weighted by Gasteiger charge is -2.08. The molecule has 2 aromatic rings. The van der Waals surface area contributed by atoms with Gasteiger partial charge in [0.25, 0.3) is 0 Å². The van der Waals surface area contributed by atoms with Crippen LogP contribution in [0.25, 0.3) is 0 Å². The Morgan fingerprint density at radius 2 is 1.86 bits per heavy atom. The fraction of sp³-hybridized carbons (Fsp3) is 0.286. The molecule has 5 nitrogen and oxygen atoms in total. The molecule has 21 heavy (non-hydrogen) atoms. The summed E-state index contributed by atoms with van der Waals surface area (Å²) in [6.07, 6.45) is 1.39. The van der Waals surface area contributed by atoms with Crippen LogP contribution in [0.1, 0.15) is 22.4 Å². The number of aryl methyl sites for hydroxylation is 2. The summed E-state index contributed by atoms with van der Waals surface area (Å²) in [7, 11) is -3.61. The number of H-pyrrole nitrogens is 1. The first-order chi connectivity index (χ1) is 9.83. The van der Waals surface area contributed by atoms with E-state index in [9.17, 15) is 12.8 Å². The van der Waals surface area contributed by atoms with Gasteiger partial charge in [0, 0.05) is 25.0 Å². The van der Waals surface area contributed by atoms with Crippen LogP contribution in [0.5, 0.6) is 0 Å². The maximum atomic E-state index is 13.5. The van der Waals surface area contributed by atoms with E-state index in [1.165, 1.54) is 12.3 Å². The smallest absolute Gasteiger partial charge is 0.242 e. The first kappa shape index (κ1) is 15.7. The van der Waals surface area contributed by atoms with Crippen molar-refractivity contribution in [1.82, 2.24) is 9.71 Å². The monoisotopic (exact) mass is 311 g/mol. The second-order valence-electron chi connectivity index (χ2n) is 4.93. The van der Waals surface area contributed by atoms with Gasteiger partial charge in [0.2, 0.25) is 10.0 Å². The zero-order valence-electron chi connectivity index (χ0n) is 11.9. The van der Waals surface area contributed by atoms with Gasteiger partial charge in [0.05, 0.1) is 4.90 Å². The number of aromatic nitrogens is 1. The third kappa shape index (κ3) is 3.49. The molecule has 7 heteroatoms. The first-order valence-corrected chi connectivity index (χ1v) is 7.94. The number of hydrogen-bond acceptors (Lipinski definition) is 3. The van der Waals surface area contributed by atoms with Crippen molar-refractivity contribution >= 4 is 10.0 Å². The van der Waals surface area contributed by atoms with Gasteiger partial charge in [-0.05, 0) is 36.6 Å². The Hall–Kier alpha value is -1.70. The molecule has 0 aliphatic heterocycles. The maximum absolute atomic E-state index is 13.5. The summed E-state index contributed by atoms with van der Waals surface area (Å²) in [5, 5.41) is 0. The van der Waals surface area contributed by atoms with Crippen molar-refractivity contribution in [1.29, 1.82) is 0 Å². The Bertz CT molecular complexity index is 730. The van der Waals surface area contributed by atoms with E-state index >= 15 is 0 Å². The number of benzene rings is 1. The number of rotatable bonds is 5. The van der Waals surface area contributed by atoms with Crippen LogP contribution in [0.2, 0.25) is 0 Å². The highest BCUT2D eigenvalue weighted by Gasteiger charge is 2.16. The van der Waals surface area contributed by atoms with Crippen molar-refractivity contribution < 1.29 is 12.8 Å². The van der Waals surface area contributed by atoms with Gasteiger partial charge < -0.3 is 10.7 Å². The second-order valence-corrected chi connectivity index (χ2v) is 6.70. The standard InChI is InChI=1S/C14H18FN3O2S/c1-9-3-11(4-10(2)14(9)15)7-18-21(19,20)13-5-12(6-16)17-8-13/h3-5,8,17-18H,6-7,16H2,1-2H3. The minimum Gasteiger partial charge on any atom is -0.363 e. The lowest BCUT2D eigenvalue weighted by atomic mass is 10.1. The van der Waals surface area contributed by atoms with E-state index in [1.807, 2.05) is 0 Å². The molecule has 114 valence electrons. The van der Waals surface area contributed by atoms with E-state index in [1.54, 1.807) is 26.0 Å². The van der Waals surface area contributed by atoms with E-state index in [4.69, 9.17) is 5.73 Å². The first-order valence-electron chi connectivity index (χ1n) is 6.46. The lowest BCUT2D eigenvalue weighted by molar-refractivity contribution is 0.581. The summed E-state index contributed by atoms with van der Waals surface area (Å²) in [5.74, 6) is -0.264. The SMILES string of the molecule is Cc1cc(CNS(=O)(=O)c2c[nH]c(CN)c2)cc(C)c1F. The topological polar surface area (TPSA) is 88.0 Å². The molecular formula is C14H18FN3O2S. The fourth-order valence-electron chi connectivity index (χ4n) is 2.09. The molecule has 0 aliphatic rings.